The van der Waals surface area contributed by atoms with Crippen LogP contribution in [0.1, 0.15) is 34.6 Å². The number of nitrogens with one attached hydrogen (secondary N) is 1. The lowest BCUT2D eigenvalue weighted by Crippen LogP contribution is -2.56. The zero-order valence-electron chi connectivity index (χ0n) is 10.1. The van der Waals surface area contributed by atoms with Gasteiger partial charge in [-0.15, -0.1) is 11.8 Å². The highest BCUT2D eigenvalue weighted by Crippen LogP contribution is 2.35. The molecule has 1 atom stereocenters. The molecule has 0 aromatic heterocycles. The average Bonchev–Trinajstić information content (AvgIpc) is 1.96. The first-order valence-electron chi connectivity index (χ1n) is 4.80. The minimum absolute atomic E-state index is 0.576. The van der Waals surface area contributed by atoms with Crippen molar-refractivity contribution in [3.63, 3.8) is 0 Å². The average molecular weight is 243 g/mol. The Labute approximate surface area is 94.2 Å². The Morgan fingerprint density at radius 2 is 1.40 bits per heavy atom. The number of alkyl halides is 3. The van der Waals surface area contributed by atoms with Crippen LogP contribution in [0.3, 0.4) is 0 Å². The number of halogens is 3. The van der Waals surface area contributed by atoms with Crippen molar-refractivity contribution in [2.45, 2.75) is 51.7 Å². The fourth-order valence-corrected chi connectivity index (χ4v) is 1.43. The predicted molar refractivity (Wildman–Crippen MR) is 60.0 cm³/mol. The summed E-state index contributed by atoms with van der Waals surface area (Å²) >= 11 is 1.38. The number of rotatable bonds is 3. The van der Waals surface area contributed by atoms with Gasteiger partial charge in [0.2, 0.25) is 0 Å². The highest BCUT2D eigenvalue weighted by atomic mass is 32.2. The van der Waals surface area contributed by atoms with Crippen LogP contribution in [-0.2, 0) is 0 Å². The molecule has 0 rings (SSSR count). The summed E-state index contributed by atoms with van der Waals surface area (Å²) in [6, 6.07) is -1.49. The van der Waals surface area contributed by atoms with Crippen molar-refractivity contribution in [1.29, 1.82) is 0 Å². The summed E-state index contributed by atoms with van der Waals surface area (Å²) in [5, 5.41) is 2.66. The van der Waals surface area contributed by atoms with E-state index in [4.69, 9.17) is 0 Å². The van der Waals surface area contributed by atoms with Crippen molar-refractivity contribution in [3.05, 3.63) is 0 Å². The third-order valence-electron chi connectivity index (χ3n) is 2.20. The molecular weight excluding hydrogens is 223 g/mol. The summed E-state index contributed by atoms with van der Waals surface area (Å²) < 4.78 is 38.4. The lowest BCUT2D eigenvalue weighted by molar-refractivity contribution is -0.180. The summed E-state index contributed by atoms with van der Waals surface area (Å²) in [6.07, 6.45) is -2.42. The minimum Gasteiger partial charge on any atom is -0.292 e. The fraction of sp³-hybridized carbons (Fsp3) is 1.00. The van der Waals surface area contributed by atoms with E-state index in [0.29, 0.717) is 0 Å². The molecule has 15 heavy (non-hydrogen) atoms. The summed E-state index contributed by atoms with van der Waals surface area (Å²) in [5.74, 6) is 0. The molecule has 0 aromatic carbocycles. The van der Waals surface area contributed by atoms with Crippen LogP contribution in [0.25, 0.3) is 0 Å². The number of hydrogen-bond acceptors (Lipinski definition) is 2. The number of thioether (sulfide) groups is 1. The molecule has 0 bridgehead atoms. The van der Waals surface area contributed by atoms with Crippen LogP contribution >= 0.6 is 11.8 Å². The first kappa shape index (κ1) is 15.1. The highest BCUT2D eigenvalue weighted by Gasteiger charge is 2.48. The predicted octanol–water partition coefficient (Wildman–Crippen LogP) is 3.65. The van der Waals surface area contributed by atoms with Gasteiger partial charge in [-0.25, -0.2) is 0 Å². The molecule has 1 N–H and O–H groups in total. The molecular formula is C10H20F3NS. The SMILES string of the molecule is CSC(C)(C)NC(C(C)(C)C)C(F)(F)F. The largest absolute Gasteiger partial charge is 0.404 e. The molecule has 0 spiro atoms. The molecule has 0 saturated heterocycles. The van der Waals surface area contributed by atoms with Gasteiger partial charge in [-0.1, -0.05) is 20.8 Å². The lowest BCUT2D eigenvalue weighted by atomic mass is 9.86. The molecule has 0 aliphatic heterocycles. The highest BCUT2D eigenvalue weighted by molar-refractivity contribution is 7.99. The monoisotopic (exact) mass is 243 g/mol. The molecule has 92 valence electrons. The van der Waals surface area contributed by atoms with Gasteiger partial charge >= 0.3 is 6.18 Å². The summed E-state index contributed by atoms with van der Waals surface area (Å²) in [7, 11) is 0. The topological polar surface area (TPSA) is 12.0 Å². The van der Waals surface area contributed by atoms with E-state index >= 15 is 0 Å². The van der Waals surface area contributed by atoms with Crippen LogP contribution in [0.5, 0.6) is 0 Å². The molecule has 0 saturated carbocycles. The van der Waals surface area contributed by atoms with Crippen LogP contribution in [0, 0.1) is 5.41 Å². The summed E-state index contributed by atoms with van der Waals surface area (Å²) in [6.45, 7) is 8.28. The van der Waals surface area contributed by atoms with Crippen LogP contribution in [0.2, 0.25) is 0 Å². The van der Waals surface area contributed by atoms with E-state index in [1.807, 2.05) is 0 Å². The molecule has 0 fully saturated rings. The maximum Gasteiger partial charge on any atom is 0.404 e. The zero-order chi connectivity index (χ0) is 12.5. The van der Waals surface area contributed by atoms with Gasteiger partial charge in [0, 0.05) is 0 Å². The molecule has 5 heteroatoms. The minimum atomic E-state index is -4.22. The van der Waals surface area contributed by atoms with Crippen LogP contribution in [0.4, 0.5) is 13.2 Å². The second kappa shape index (κ2) is 4.53. The van der Waals surface area contributed by atoms with E-state index in [2.05, 4.69) is 5.32 Å². The standard InChI is InChI=1S/C10H20F3NS/c1-8(2,3)7(10(11,12)13)14-9(4,5)15-6/h7,14H,1-6H3. The quantitative estimate of drug-likeness (QED) is 0.759. The second-order valence-electron chi connectivity index (χ2n) is 5.20. The van der Waals surface area contributed by atoms with E-state index in [9.17, 15) is 13.2 Å². The van der Waals surface area contributed by atoms with E-state index in [1.54, 1.807) is 40.9 Å². The van der Waals surface area contributed by atoms with Gasteiger partial charge in [-0.05, 0) is 25.5 Å². The zero-order valence-corrected chi connectivity index (χ0v) is 10.9. The van der Waals surface area contributed by atoms with E-state index < -0.39 is 22.5 Å². The Morgan fingerprint density at radius 3 is 1.60 bits per heavy atom. The molecule has 0 aliphatic carbocycles. The molecule has 0 aliphatic rings. The van der Waals surface area contributed by atoms with Crippen molar-refractivity contribution in [2.75, 3.05) is 6.26 Å². The van der Waals surface area contributed by atoms with Gasteiger partial charge in [0.1, 0.15) is 6.04 Å². The van der Waals surface area contributed by atoms with Crippen molar-refractivity contribution in [1.82, 2.24) is 5.32 Å². The fourth-order valence-electron chi connectivity index (χ4n) is 1.20. The number of hydrogen-bond donors (Lipinski definition) is 1. The second-order valence-corrected chi connectivity index (χ2v) is 6.63. The lowest BCUT2D eigenvalue weighted by Gasteiger charge is -2.39. The van der Waals surface area contributed by atoms with E-state index in [1.165, 1.54) is 11.8 Å². The van der Waals surface area contributed by atoms with Crippen molar-refractivity contribution < 1.29 is 13.2 Å². The Morgan fingerprint density at radius 1 is 1.00 bits per heavy atom. The van der Waals surface area contributed by atoms with Crippen molar-refractivity contribution >= 4 is 11.8 Å². The van der Waals surface area contributed by atoms with Crippen LogP contribution in [-0.4, -0.2) is 23.3 Å². The van der Waals surface area contributed by atoms with E-state index in [0.717, 1.165) is 0 Å². The normalized spacial score (nSPS) is 16.6. The van der Waals surface area contributed by atoms with Crippen LogP contribution in [0.15, 0.2) is 0 Å². The van der Waals surface area contributed by atoms with Gasteiger partial charge in [0.15, 0.2) is 0 Å². The van der Waals surface area contributed by atoms with Crippen molar-refractivity contribution in [2.24, 2.45) is 5.41 Å². The first-order chi connectivity index (χ1) is 6.40. The third-order valence-corrected chi connectivity index (χ3v) is 3.33. The van der Waals surface area contributed by atoms with Crippen molar-refractivity contribution in [3.8, 4) is 0 Å². The van der Waals surface area contributed by atoms with Gasteiger partial charge in [-0.2, -0.15) is 13.2 Å². The Hall–Kier alpha value is 0.100. The molecule has 1 nitrogen and oxygen atoms in total. The molecule has 1 unspecified atom stereocenters. The Kier molecular flexibility index (Phi) is 4.56. The Bertz CT molecular complexity index is 192. The van der Waals surface area contributed by atoms with Crippen LogP contribution < -0.4 is 5.32 Å². The van der Waals surface area contributed by atoms with Gasteiger partial charge < -0.3 is 0 Å². The van der Waals surface area contributed by atoms with Gasteiger partial charge in [0.25, 0.3) is 0 Å². The first-order valence-corrected chi connectivity index (χ1v) is 6.02. The molecule has 0 heterocycles. The maximum atomic E-state index is 12.8. The molecule has 0 aromatic rings. The molecule has 0 amide bonds. The summed E-state index contributed by atoms with van der Waals surface area (Å²) in [4.78, 5) is -0.576. The maximum absolute atomic E-state index is 12.8. The smallest absolute Gasteiger partial charge is 0.292 e. The van der Waals surface area contributed by atoms with Gasteiger partial charge in [0.05, 0.1) is 4.87 Å². The Balaban J connectivity index is 4.85. The van der Waals surface area contributed by atoms with E-state index in [-0.39, 0.29) is 0 Å². The molecule has 0 radical (unpaired) electrons. The summed E-state index contributed by atoms with van der Waals surface area (Å²) in [5.41, 5.74) is -0.842. The third kappa shape index (κ3) is 5.11. The van der Waals surface area contributed by atoms with Gasteiger partial charge in [-0.3, -0.25) is 5.32 Å².